The molecule has 0 unspecified atom stereocenters. The standard InChI is InChI=1S/C16H17N3O3/c1-11-3-2-4-12(9-11)7-8-18-16(20)13-5-6-14(17)15(10-13)19(21)22/h2-6,9-10H,7-8,17H2,1H3,(H,18,20). The topological polar surface area (TPSA) is 98.3 Å². The van der Waals surface area contributed by atoms with Gasteiger partial charge in [-0.05, 0) is 31.0 Å². The van der Waals surface area contributed by atoms with E-state index in [0.29, 0.717) is 13.0 Å². The summed E-state index contributed by atoms with van der Waals surface area (Å²) in [5.41, 5.74) is 7.81. The number of nitrogens with one attached hydrogen (secondary N) is 1. The molecular weight excluding hydrogens is 282 g/mol. The minimum atomic E-state index is -0.598. The highest BCUT2D eigenvalue weighted by molar-refractivity contribution is 5.95. The van der Waals surface area contributed by atoms with Gasteiger partial charge >= 0.3 is 0 Å². The van der Waals surface area contributed by atoms with Crippen LogP contribution in [-0.4, -0.2) is 17.4 Å². The number of nitrogens with two attached hydrogens (primary N) is 1. The number of carbonyl (C=O) groups is 1. The van der Waals surface area contributed by atoms with Gasteiger partial charge in [0, 0.05) is 18.2 Å². The maximum atomic E-state index is 12.0. The van der Waals surface area contributed by atoms with Crippen LogP contribution >= 0.6 is 0 Å². The number of anilines is 1. The van der Waals surface area contributed by atoms with Crippen molar-refractivity contribution in [1.82, 2.24) is 5.32 Å². The molecule has 0 aliphatic carbocycles. The van der Waals surface area contributed by atoms with E-state index in [1.165, 1.54) is 18.2 Å². The molecule has 0 atom stereocenters. The van der Waals surface area contributed by atoms with Crippen LogP contribution in [0.4, 0.5) is 11.4 Å². The number of amides is 1. The van der Waals surface area contributed by atoms with Gasteiger partial charge in [0.05, 0.1) is 4.92 Å². The zero-order valence-electron chi connectivity index (χ0n) is 12.2. The Bertz CT molecular complexity index is 714. The van der Waals surface area contributed by atoms with Crippen LogP contribution in [0.25, 0.3) is 0 Å². The molecule has 0 saturated carbocycles. The first-order valence-electron chi connectivity index (χ1n) is 6.85. The first kappa shape index (κ1) is 15.5. The van der Waals surface area contributed by atoms with Gasteiger partial charge in [0.2, 0.25) is 0 Å². The van der Waals surface area contributed by atoms with Gasteiger partial charge in [0.15, 0.2) is 0 Å². The molecule has 6 heteroatoms. The number of rotatable bonds is 5. The van der Waals surface area contributed by atoms with E-state index in [-0.39, 0.29) is 22.8 Å². The van der Waals surface area contributed by atoms with Crippen LogP contribution in [0, 0.1) is 17.0 Å². The molecule has 114 valence electrons. The van der Waals surface area contributed by atoms with Gasteiger partial charge in [-0.2, -0.15) is 0 Å². The number of nitro groups is 1. The molecule has 22 heavy (non-hydrogen) atoms. The third-order valence-corrected chi connectivity index (χ3v) is 3.27. The maximum Gasteiger partial charge on any atom is 0.292 e. The molecule has 0 aliphatic heterocycles. The van der Waals surface area contributed by atoms with E-state index in [4.69, 9.17) is 5.73 Å². The molecular formula is C16H17N3O3. The number of hydrogen-bond acceptors (Lipinski definition) is 4. The molecule has 2 rings (SSSR count). The van der Waals surface area contributed by atoms with Crippen molar-refractivity contribution in [2.24, 2.45) is 0 Å². The smallest absolute Gasteiger partial charge is 0.292 e. The Balaban J connectivity index is 1.98. The van der Waals surface area contributed by atoms with E-state index in [0.717, 1.165) is 11.1 Å². The predicted octanol–water partition coefficient (Wildman–Crippen LogP) is 2.46. The molecule has 0 saturated heterocycles. The Morgan fingerprint density at radius 2 is 2.05 bits per heavy atom. The van der Waals surface area contributed by atoms with E-state index >= 15 is 0 Å². The molecule has 6 nitrogen and oxygen atoms in total. The molecule has 0 fully saturated rings. The Labute approximate surface area is 128 Å². The lowest BCUT2D eigenvalue weighted by Crippen LogP contribution is -2.25. The number of nitrogens with zero attached hydrogens (tertiary/aromatic N) is 1. The van der Waals surface area contributed by atoms with Crippen LogP contribution in [0.2, 0.25) is 0 Å². The minimum Gasteiger partial charge on any atom is -0.393 e. The normalized spacial score (nSPS) is 10.2. The molecule has 0 bridgehead atoms. The second kappa shape index (κ2) is 6.71. The van der Waals surface area contributed by atoms with Crippen LogP contribution in [0.15, 0.2) is 42.5 Å². The number of benzene rings is 2. The lowest BCUT2D eigenvalue weighted by Gasteiger charge is -2.06. The average molecular weight is 299 g/mol. The van der Waals surface area contributed by atoms with Crippen LogP contribution in [-0.2, 0) is 6.42 Å². The highest BCUT2D eigenvalue weighted by Gasteiger charge is 2.15. The first-order chi connectivity index (χ1) is 10.5. The van der Waals surface area contributed by atoms with E-state index < -0.39 is 4.92 Å². The molecule has 0 radical (unpaired) electrons. The average Bonchev–Trinajstić information content (AvgIpc) is 2.47. The van der Waals surface area contributed by atoms with Gasteiger partial charge in [0.25, 0.3) is 11.6 Å². The van der Waals surface area contributed by atoms with E-state index in [1.54, 1.807) is 0 Å². The first-order valence-corrected chi connectivity index (χ1v) is 6.85. The van der Waals surface area contributed by atoms with Crippen molar-refractivity contribution in [3.05, 3.63) is 69.3 Å². The summed E-state index contributed by atoms with van der Waals surface area (Å²) >= 11 is 0. The molecule has 0 heterocycles. The SMILES string of the molecule is Cc1cccc(CCNC(=O)c2ccc(N)c([N+](=O)[O-])c2)c1. The summed E-state index contributed by atoms with van der Waals surface area (Å²) in [7, 11) is 0. The number of aryl methyl sites for hydroxylation is 1. The quantitative estimate of drug-likeness (QED) is 0.503. The molecule has 2 aromatic rings. The number of nitrogen functional groups attached to an aromatic ring is 1. The fourth-order valence-corrected chi connectivity index (χ4v) is 2.13. The molecule has 0 aromatic heterocycles. The lowest BCUT2D eigenvalue weighted by molar-refractivity contribution is -0.383. The van der Waals surface area contributed by atoms with Crippen molar-refractivity contribution in [3.8, 4) is 0 Å². The van der Waals surface area contributed by atoms with Crippen molar-refractivity contribution in [2.45, 2.75) is 13.3 Å². The Morgan fingerprint density at radius 3 is 2.73 bits per heavy atom. The Kier molecular flexibility index (Phi) is 4.73. The largest absolute Gasteiger partial charge is 0.393 e. The lowest BCUT2D eigenvalue weighted by atomic mass is 10.1. The zero-order chi connectivity index (χ0) is 16.1. The highest BCUT2D eigenvalue weighted by Crippen LogP contribution is 2.22. The summed E-state index contributed by atoms with van der Waals surface area (Å²) in [6.45, 7) is 2.47. The zero-order valence-corrected chi connectivity index (χ0v) is 12.2. The summed E-state index contributed by atoms with van der Waals surface area (Å²) in [5.74, 6) is -0.351. The summed E-state index contributed by atoms with van der Waals surface area (Å²) in [6.07, 6.45) is 0.699. The second-order valence-electron chi connectivity index (χ2n) is 5.03. The number of hydrogen-bond donors (Lipinski definition) is 2. The summed E-state index contributed by atoms with van der Waals surface area (Å²) in [6, 6.07) is 12.1. The fraction of sp³-hybridized carbons (Fsp3) is 0.188. The van der Waals surface area contributed by atoms with Gasteiger partial charge in [-0.1, -0.05) is 29.8 Å². The third-order valence-electron chi connectivity index (χ3n) is 3.27. The second-order valence-corrected chi connectivity index (χ2v) is 5.03. The summed E-state index contributed by atoms with van der Waals surface area (Å²) < 4.78 is 0. The minimum absolute atomic E-state index is 0.0429. The predicted molar refractivity (Wildman–Crippen MR) is 84.7 cm³/mol. The molecule has 0 aliphatic rings. The van der Waals surface area contributed by atoms with Crippen LogP contribution in [0.5, 0.6) is 0 Å². The van der Waals surface area contributed by atoms with Crippen molar-refractivity contribution in [1.29, 1.82) is 0 Å². The fourth-order valence-electron chi connectivity index (χ4n) is 2.13. The van der Waals surface area contributed by atoms with Crippen molar-refractivity contribution in [3.63, 3.8) is 0 Å². The highest BCUT2D eigenvalue weighted by atomic mass is 16.6. The van der Waals surface area contributed by atoms with E-state index in [1.807, 2.05) is 25.1 Å². The van der Waals surface area contributed by atoms with Crippen molar-refractivity contribution >= 4 is 17.3 Å². The van der Waals surface area contributed by atoms with Crippen LogP contribution in [0.3, 0.4) is 0 Å². The molecule has 2 aromatic carbocycles. The van der Waals surface area contributed by atoms with E-state index in [2.05, 4.69) is 11.4 Å². The molecule has 0 spiro atoms. The monoisotopic (exact) mass is 299 g/mol. The Hall–Kier alpha value is -2.89. The van der Waals surface area contributed by atoms with Gasteiger partial charge in [-0.15, -0.1) is 0 Å². The molecule has 1 amide bonds. The summed E-state index contributed by atoms with van der Waals surface area (Å²) in [5, 5.41) is 13.6. The van der Waals surface area contributed by atoms with Gasteiger partial charge in [-0.25, -0.2) is 0 Å². The molecule has 3 N–H and O–H groups in total. The maximum absolute atomic E-state index is 12.0. The number of nitro benzene ring substituents is 1. The van der Waals surface area contributed by atoms with Gasteiger partial charge in [-0.3, -0.25) is 14.9 Å². The van der Waals surface area contributed by atoms with Crippen molar-refractivity contribution in [2.75, 3.05) is 12.3 Å². The van der Waals surface area contributed by atoms with Crippen LogP contribution < -0.4 is 11.1 Å². The van der Waals surface area contributed by atoms with E-state index in [9.17, 15) is 14.9 Å². The summed E-state index contributed by atoms with van der Waals surface area (Å²) in [4.78, 5) is 22.2. The van der Waals surface area contributed by atoms with Crippen molar-refractivity contribution < 1.29 is 9.72 Å². The third kappa shape index (κ3) is 3.82. The van der Waals surface area contributed by atoms with Crippen LogP contribution in [0.1, 0.15) is 21.5 Å². The van der Waals surface area contributed by atoms with Gasteiger partial charge < -0.3 is 11.1 Å². The van der Waals surface area contributed by atoms with Gasteiger partial charge in [0.1, 0.15) is 5.69 Å². The Morgan fingerprint density at radius 1 is 1.27 bits per heavy atom. The number of carbonyl (C=O) groups excluding carboxylic acids is 1.